The largest absolute Gasteiger partial charge is 0.481 e. The van der Waals surface area contributed by atoms with Crippen molar-refractivity contribution in [1.82, 2.24) is 0 Å². The van der Waals surface area contributed by atoms with Gasteiger partial charge >= 0.3 is 11.6 Å². The minimum Gasteiger partial charge on any atom is -0.481 e. The Morgan fingerprint density at radius 2 is 2.00 bits per heavy atom. The summed E-state index contributed by atoms with van der Waals surface area (Å²) in [5.41, 5.74) is 0.597. The molecule has 16 heavy (non-hydrogen) atoms. The molecule has 82 valence electrons. The van der Waals surface area contributed by atoms with Crippen molar-refractivity contribution in [2.24, 2.45) is 0 Å². The van der Waals surface area contributed by atoms with E-state index in [4.69, 9.17) is 9.52 Å². The Kier molecular flexibility index (Phi) is 2.48. The fourth-order valence-electron chi connectivity index (χ4n) is 1.49. The molecule has 4 heteroatoms. The summed E-state index contributed by atoms with van der Waals surface area (Å²) in [7, 11) is 0. The summed E-state index contributed by atoms with van der Waals surface area (Å²) >= 11 is 0. The molecule has 1 heterocycles. The van der Waals surface area contributed by atoms with Crippen molar-refractivity contribution in [2.45, 2.75) is 12.8 Å². The summed E-state index contributed by atoms with van der Waals surface area (Å²) in [6.45, 7) is 1.59. The number of fused-ring (bicyclic) bond motifs is 1. The van der Waals surface area contributed by atoms with E-state index in [2.05, 4.69) is 0 Å². The van der Waals surface area contributed by atoms with Crippen LogP contribution in [0.25, 0.3) is 11.0 Å². The molecule has 0 bridgehead atoms. The molecule has 0 amide bonds. The Bertz CT molecular complexity index is 597. The van der Waals surface area contributed by atoms with Crippen molar-refractivity contribution in [3.05, 3.63) is 46.3 Å². The third-order valence-electron chi connectivity index (χ3n) is 2.52. The lowest BCUT2D eigenvalue weighted by atomic mass is 10.0. The lowest BCUT2D eigenvalue weighted by Gasteiger charge is -2.06. The van der Waals surface area contributed by atoms with E-state index >= 15 is 0 Å². The second-order valence-electron chi connectivity index (χ2n) is 3.61. The summed E-state index contributed by atoms with van der Waals surface area (Å²) in [4.78, 5) is 21.8. The fraction of sp³-hybridized carbons (Fsp3) is 0.167. The highest BCUT2D eigenvalue weighted by Gasteiger charge is 2.14. The SMILES string of the molecule is CC(C(=O)O)c1ccc2ccc(=O)oc2c1. The first-order chi connectivity index (χ1) is 7.58. The number of carbonyl (C=O) groups is 1. The van der Waals surface area contributed by atoms with Crippen molar-refractivity contribution in [2.75, 3.05) is 0 Å². The van der Waals surface area contributed by atoms with Crippen LogP contribution in [0.4, 0.5) is 0 Å². The van der Waals surface area contributed by atoms with Gasteiger partial charge in [-0.05, 0) is 24.6 Å². The molecule has 1 unspecified atom stereocenters. The molecular weight excluding hydrogens is 208 g/mol. The second kappa shape index (κ2) is 3.81. The zero-order chi connectivity index (χ0) is 11.7. The average Bonchev–Trinajstić information content (AvgIpc) is 2.26. The molecule has 0 saturated heterocycles. The summed E-state index contributed by atoms with van der Waals surface area (Å²) in [6.07, 6.45) is 0. The van der Waals surface area contributed by atoms with E-state index in [9.17, 15) is 9.59 Å². The number of rotatable bonds is 2. The van der Waals surface area contributed by atoms with Crippen molar-refractivity contribution >= 4 is 16.9 Å². The van der Waals surface area contributed by atoms with Gasteiger partial charge in [0.2, 0.25) is 0 Å². The van der Waals surface area contributed by atoms with Crippen LogP contribution in [-0.2, 0) is 4.79 Å². The number of carboxylic acid groups (broad SMARTS) is 1. The molecule has 1 aromatic heterocycles. The van der Waals surface area contributed by atoms with Crippen LogP contribution < -0.4 is 5.63 Å². The minimum absolute atomic E-state index is 0.415. The van der Waals surface area contributed by atoms with Crippen LogP contribution in [0.2, 0.25) is 0 Å². The lowest BCUT2D eigenvalue weighted by Crippen LogP contribution is -2.07. The standard InChI is InChI=1S/C12H10O4/c1-7(12(14)15)9-3-2-8-4-5-11(13)16-10(8)6-9/h2-7H,1H3,(H,14,15). The topological polar surface area (TPSA) is 67.5 Å². The Morgan fingerprint density at radius 3 is 2.69 bits per heavy atom. The lowest BCUT2D eigenvalue weighted by molar-refractivity contribution is -0.138. The minimum atomic E-state index is -0.905. The van der Waals surface area contributed by atoms with Gasteiger partial charge in [-0.15, -0.1) is 0 Å². The number of benzene rings is 1. The summed E-state index contributed by atoms with van der Waals surface area (Å²) in [6, 6.07) is 8.04. The van der Waals surface area contributed by atoms with Crippen LogP contribution >= 0.6 is 0 Å². The molecule has 0 aliphatic carbocycles. The molecule has 2 rings (SSSR count). The average molecular weight is 218 g/mol. The van der Waals surface area contributed by atoms with Gasteiger partial charge in [-0.2, -0.15) is 0 Å². The Balaban J connectivity index is 2.59. The van der Waals surface area contributed by atoms with Crippen molar-refractivity contribution < 1.29 is 14.3 Å². The molecule has 0 aliphatic heterocycles. The molecule has 2 aromatic rings. The van der Waals surface area contributed by atoms with Gasteiger partial charge in [0.05, 0.1) is 5.92 Å². The molecule has 0 radical (unpaired) electrons. The maximum absolute atomic E-state index is 11.0. The van der Waals surface area contributed by atoms with E-state index in [1.807, 2.05) is 0 Å². The van der Waals surface area contributed by atoms with E-state index in [0.717, 1.165) is 5.39 Å². The second-order valence-corrected chi connectivity index (χ2v) is 3.61. The van der Waals surface area contributed by atoms with E-state index in [0.29, 0.717) is 11.1 Å². The third-order valence-corrected chi connectivity index (χ3v) is 2.52. The van der Waals surface area contributed by atoms with Crippen molar-refractivity contribution in [3.63, 3.8) is 0 Å². The molecule has 0 saturated carbocycles. The van der Waals surface area contributed by atoms with E-state index in [1.165, 1.54) is 6.07 Å². The zero-order valence-corrected chi connectivity index (χ0v) is 8.64. The monoisotopic (exact) mass is 218 g/mol. The molecule has 0 spiro atoms. The van der Waals surface area contributed by atoms with Gasteiger partial charge in [0.1, 0.15) is 5.58 Å². The van der Waals surface area contributed by atoms with Gasteiger partial charge in [-0.1, -0.05) is 12.1 Å². The highest BCUT2D eigenvalue weighted by Crippen LogP contribution is 2.20. The van der Waals surface area contributed by atoms with Crippen LogP contribution in [0.1, 0.15) is 18.4 Å². The highest BCUT2D eigenvalue weighted by atomic mass is 16.4. The fourth-order valence-corrected chi connectivity index (χ4v) is 1.49. The molecule has 0 aliphatic rings. The van der Waals surface area contributed by atoms with Gasteiger partial charge < -0.3 is 9.52 Å². The molecule has 1 aromatic carbocycles. The summed E-state index contributed by atoms with van der Waals surface area (Å²) in [5.74, 6) is -1.52. The van der Waals surface area contributed by atoms with E-state index < -0.39 is 17.5 Å². The predicted octanol–water partition coefficient (Wildman–Crippen LogP) is 1.98. The van der Waals surface area contributed by atoms with Crippen LogP contribution in [0.5, 0.6) is 0 Å². The summed E-state index contributed by atoms with van der Waals surface area (Å²) in [5, 5.41) is 9.65. The first-order valence-corrected chi connectivity index (χ1v) is 4.84. The van der Waals surface area contributed by atoms with Crippen LogP contribution in [0.15, 0.2) is 39.5 Å². The molecule has 0 fully saturated rings. The molecule has 1 N–H and O–H groups in total. The number of hydrogen-bond acceptors (Lipinski definition) is 3. The van der Waals surface area contributed by atoms with Gasteiger partial charge in [-0.3, -0.25) is 4.79 Å². The summed E-state index contributed by atoms with van der Waals surface area (Å²) < 4.78 is 4.98. The first-order valence-electron chi connectivity index (χ1n) is 4.84. The van der Waals surface area contributed by atoms with Gasteiger partial charge in [0, 0.05) is 11.5 Å². The quantitative estimate of drug-likeness (QED) is 0.782. The number of hydrogen-bond donors (Lipinski definition) is 1. The Hall–Kier alpha value is -2.10. The highest BCUT2D eigenvalue weighted by molar-refractivity contribution is 5.81. The Labute approximate surface area is 91.1 Å². The van der Waals surface area contributed by atoms with E-state index in [1.54, 1.807) is 31.2 Å². The number of aliphatic carboxylic acids is 1. The maximum Gasteiger partial charge on any atom is 0.336 e. The van der Waals surface area contributed by atoms with Crippen molar-refractivity contribution in [3.8, 4) is 0 Å². The molecule has 1 atom stereocenters. The molecular formula is C12H10O4. The smallest absolute Gasteiger partial charge is 0.336 e. The maximum atomic E-state index is 11.0. The van der Waals surface area contributed by atoms with Gasteiger partial charge in [-0.25, -0.2) is 4.79 Å². The third kappa shape index (κ3) is 1.82. The van der Waals surface area contributed by atoms with Gasteiger partial charge in [0.15, 0.2) is 0 Å². The molecule has 4 nitrogen and oxygen atoms in total. The van der Waals surface area contributed by atoms with Gasteiger partial charge in [0.25, 0.3) is 0 Å². The normalized spacial score (nSPS) is 12.6. The van der Waals surface area contributed by atoms with Crippen LogP contribution in [0.3, 0.4) is 0 Å². The first kappa shape index (κ1) is 10.4. The zero-order valence-electron chi connectivity index (χ0n) is 8.64. The van der Waals surface area contributed by atoms with Crippen LogP contribution in [0, 0.1) is 0 Å². The van der Waals surface area contributed by atoms with Crippen LogP contribution in [-0.4, -0.2) is 11.1 Å². The Morgan fingerprint density at radius 1 is 1.31 bits per heavy atom. The van der Waals surface area contributed by atoms with Crippen molar-refractivity contribution in [1.29, 1.82) is 0 Å². The van der Waals surface area contributed by atoms with E-state index in [-0.39, 0.29) is 0 Å². The predicted molar refractivity (Wildman–Crippen MR) is 58.5 cm³/mol. The number of carboxylic acids is 1.